The Bertz CT molecular complexity index is 300. The molecule has 2 bridgehead atoms. The molecule has 2 aliphatic carbocycles. The molecule has 1 heteroatoms. The summed E-state index contributed by atoms with van der Waals surface area (Å²) in [5, 5.41) is 0. The lowest BCUT2D eigenvalue weighted by Gasteiger charge is -2.24. The summed E-state index contributed by atoms with van der Waals surface area (Å²) in [7, 11) is 0. The van der Waals surface area contributed by atoms with Gasteiger partial charge in [0, 0.05) is 6.04 Å². The number of hydrogen-bond acceptors (Lipinski definition) is 1. The Hall–Kier alpha value is -0.0400. The largest absolute Gasteiger partial charge is 0.328 e. The highest BCUT2D eigenvalue weighted by atomic mass is 14.6. The average Bonchev–Trinajstić information content (AvgIpc) is 2.52. The van der Waals surface area contributed by atoms with Gasteiger partial charge in [-0.3, -0.25) is 0 Å². The van der Waals surface area contributed by atoms with Gasteiger partial charge in [-0.05, 0) is 49.4 Å². The van der Waals surface area contributed by atoms with Crippen LogP contribution < -0.4 is 5.73 Å². The van der Waals surface area contributed by atoms with Crippen LogP contribution in [0.2, 0.25) is 0 Å². The van der Waals surface area contributed by atoms with Crippen molar-refractivity contribution < 1.29 is 0 Å². The van der Waals surface area contributed by atoms with Gasteiger partial charge in [-0.25, -0.2) is 0 Å². The Morgan fingerprint density at radius 1 is 0.522 bits per heavy atom. The van der Waals surface area contributed by atoms with Crippen molar-refractivity contribution in [2.75, 3.05) is 0 Å². The minimum Gasteiger partial charge on any atom is -0.328 e. The molecule has 2 rings (SSSR count). The highest BCUT2D eigenvalue weighted by molar-refractivity contribution is 4.74. The second-order valence-electron chi connectivity index (χ2n) is 9.25. The molecule has 0 aromatic heterocycles. The van der Waals surface area contributed by atoms with Crippen LogP contribution in [0, 0.1) is 23.7 Å². The predicted molar refractivity (Wildman–Crippen MR) is 103 cm³/mol. The average molecular weight is 322 g/mol. The third-order valence-corrected chi connectivity index (χ3v) is 6.74. The van der Waals surface area contributed by atoms with Gasteiger partial charge in [0.05, 0.1) is 0 Å². The molecule has 0 radical (unpaired) electrons. The Balaban J connectivity index is 2.04. The number of rotatable bonds is 0. The van der Waals surface area contributed by atoms with Crippen LogP contribution in [0.4, 0.5) is 0 Å². The van der Waals surface area contributed by atoms with Gasteiger partial charge in [0.25, 0.3) is 0 Å². The van der Waals surface area contributed by atoms with Gasteiger partial charge in [-0.2, -0.15) is 0 Å². The Labute approximate surface area is 146 Å². The van der Waals surface area contributed by atoms with Crippen LogP contribution in [0.15, 0.2) is 0 Å². The topological polar surface area (TPSA) is 26.0 Å². The highest BCUT2D eigenvalue weighted by Crippen LogP contribution is 2.32. The van der Waals surface area contributed by atoms with Crippen LogP contribution in [0.1, 0.15) is 110 Å². The van der Waals surface area contributed by atoms with E-state index in [1.807, 2.05) is 0 Å². The molecule has 136 valence electrons. The maximum atomic E-state index is 6.49. The van der Waals surface area contributed by atoms with E-state index in [2.05, 4.69) is 13.8 Å². The van der Waals surface area contributed by atoms with Gasteiger partial charge in [-0.1, -0.05) is 84.5 Å². The fraction of sp³-hybridized carbons (Fsp3) is 1.00. The first-order chi connectivity index (χ1) is 11.1. The molecule has 23 heavy (non-hydrogen) atoms. The van der Waals surface area contributed by atoms with E-state index in [9.17, 15) is 0 Å². The molecule has 5 unspecified atom stereocenters. The highest BCUT2D eigenvalue weighted by Gasteiger charge is 2.20. The van der Waals surface area contributed by atoms with Gasteiger partial charge in [0.15, 0.2) is 0 Å². The van der Waals surface area contributed by atoms with E-state index >= 15 is 0 Å². The van der Waals surface area contributed by atoms with Crippen LogP contribution in [-0.2, 0) is 0 Å². The quantitative estimate of drug-likeness (QED) is 0.528. The van der Waals surface area contributed by atoms with Crippen molar-refractivity contribution in [2.24, 2.45) is 29.4 Å². The zero-order valence-corrected chi connectivity index (χ0v) is 16.1. The Kier molecular flexibility index (Phi) is 9.01. The van der Waals surface area contributed by atoms with Crippen molar-refractivity contribution in [2.45, 2.75) is 116 Å². The number of nitrogens with two attached hydrogens (primary N) is 1. The van der Waals surface area contributed by atoms with Crippen LogP contribution >= 0.6 is 0 Å². The first-order valence-corrected chi connectivity index (χ1v) is 10.9. The molecular weight excluding hydrogens is 278 g/mol. The van der Waals surface area contributed by atoms with E-state index in [0.29, 0.717) is 6.04 Å². The summed E-state index contributed by atoms with van der Waals surface area (Å²) in [5.74, 6) is 3.71. The molecule has 0 aliphatic heterocycles. The third kappa shape index (κ3) is 8.05. The van der Waals surface area contributed by atoms with Crippen molar-refractivity contribution >= 4 is 0 Å². The molecule has 5 atom stereocenters. The maximum Gasteiger partial charge on any atom is 0.00414 e. The van der Waals surface area contributed by atoms with Crippen molar-refractivity contribution in [3.05, 3.63) is 0 Å². The van der Waals surface area contributed by atoms with Gasteiger partial charge < -0.3 is 5.73 Å². The zero-order valence-electron chi connectivity index (χ0n) is 16.1. The summed E-state index contributed by atoms with van der Waals surface area (Å²) in [6.07, 6.45) is 21.5. The lowest BCUT2D eigenvalue weighted by Crippen LogP contribution is -2.24. The van der Waals surface area contributed by atoms with Crippen LogP contribution in [0.3, 0.4) is 0 Å². The molecule has 0 saturated heterocycles. The molecule has 2 aliphatic rings. The van der Waals surface area contributed by atoms with E-state index in [1.165, 1.54) is 96.3 Å². The zero-order chi connectivity index (χ0) is 16.5. The lowest BCUT2D eigenvalue weighted by molar-refractivity contribution is 0.291. The summed E-state index contributed by atoms with van der Waals surface area (Å²) in [6, 6.07) is 0.456. The van der Waals surface area contributed by atoms with E-state index < -0.39 is 0 Å². The summed E-state index contributed by atoms with van der Waals surface area (Å²) in [4.78, 5) is 0. The summed E-state index contributed by atoms with van der Waals surface area (Å²) < 4.78 is 0. The molecular formula is C22H43N. The molecule has 1 nitrogen and oxygen atoms in total. The smallest absolute Gasteiger partial charge is 0.00414 e. The standard InChI is InChI=1S/C22H43N/c1-18-8-6-7-10-20-9-4-3-5-11-21(13-12-18)16-19(2)17-22(23)15-14-20/h18-22H,3-17,23H2,1-2H3. The Morgan fingerprint density at radius 3 is 1.91 bits per heavy atom. The van der Waals surface area contributed by atoms with Crippen molar-refractivity contribution in [3.8, 4) is 0 Å². The first kappa shape index (κ1) is 19.3. The minimum atomic E-state index is 0.456. The van der Waals surface area contributed by atoms with Gasteiger partial charge in [0.1, 0.15) is 0 Å². The molecule has 0 aromatic carbocycles. The molecule has 2 N–H and O–H groups in total. The fourth-order valence-electron chi connectivity index (χ4n) is 5.20. The molecule has 0 amide bonds. The van der Waals surface area contributed by atoms with Crippen LogP contribution in [-0.4, -0.2) is 6.04 Å². The minimum absolute atomic E-state index is 0.456. The van der Waals surface area contributed by atoms with E-state index in [0.717, 1.165) is 23.7 Å². The molecule has 0 spiro atoms. The van der Waals surface area contributed by atoms with Crippen LogP contribution in [0.25, 0.3) is 0 Å². The summed E-state index contributed by atoms with van der Waals surface area (Å²) >= 11 is 0. The molecule has 2 saturated carbocycles. The molecule has 0 aromatic rings. The van der Waals surface area contributed by atoms with Gasteiger partial charge >= 0.3 is 0 Å². The van der Waals surface area contributed by atoms with Gasteiger partial charge in [0.2, 0.25) is 0 Å². The normalized spacial score (nSPS) is 39.5. The molecule has 2 fully saturated rings. The van der Waals surface area contributed by atoms with Gasteiger partial charge in [-0.15, -0.1) is 0 Å². The van der Waals surface area contributed by atoms with Crippen molar-refractivity contribution in [1.29, 1.82) is 0 Å². The predicted octanol–water partition coefficient (Wildman–Crippen LogP) is 6.70. The maximum absolute atomic E-state index is 6.49. The third-order valence-electron chi connectivity index (χ3n) is 6.74. The Morgan fingerprint density at radius 2 is 1.13 bits per heavy atom. The van der Waals surface area contributed by atoms with E-state index in [4.69, 9.17) is 5.73 Å². The second kappa shape index (κ2) is 10.7. The van der Waals surface area contributed by atoms with Crippen molar-refractivity contribution in [1.82, 2.24) is 0 Å². The summed E-state index contributed by atoms with van der Waals surface area (Å²) in [6.45, 7) is 4.96. The van der Waals surface area contributed by atoms with Crippen molar-refractivity contribution in [3.63, 3.8) is 0 Å². The molecule has 0 heterocycles. The monoisotopic (exact) mass is 321 g/mol. The first-order valence-electron chi connectivity index (χ1n) is 10.9. The van der Waals surface area contributed by atoms with E-state index in [1.54, 1.807) is 0 Å². The summed E-state index contributed by atoms with van der Waals surface area (Å²) in [5.41, 5.74) is 6.49. The second-order valence-corrected chi connectivity index (χ2v) is 9.25. The fourth-order valence-corrected chi connectivity index (χ4v) is 5.20. The number of hydrogen-bond donors (Lipinski definition) is 1. The van der Waals surface area contributed by atoms with E-state index in [-0.39, 0.29) is 0 Å². The SMILES string of the molecule is CC1CCCCC2CCCCCC(CC1)CC(C)CC(N)CC2. The lowest BCUT2D eigenvalue weighted by atomic mass is 9.83. The number of fused-ring (bicyclic) bond motifs is 6. The van der Waals surface area contributed by atoms with Crippen LogP contribution in [0.5, 0.6) is 0 Å².